The first-order valence-electron chi connectivity index (χ1n) is 7.99. The van der Waals surface area contributed by atoms with Crippen molar-refractivity contribution in [1.82, 2.24) is 9.97 Å². The van der Waals surface area contributed by atoms with E-state index < -0.39 is 5.60 Å². The molecule has 1 aliphatic rings. The van der Waals surface area contributed by atoms with Gasteiger partial charge in [-0.1, -0.05) is 13.0 Å². The summed E-state index contributed by atoms with van der Waals surface area (Å²) in [7, 11) is 1.66. The Labute approximate surface area is 141 Å². The molecule has 1 saturated heterocycles. The zero-order valence-corrected chi connectivity index (χ0v) is 14.5. The number of benzene rings is 1. The second-order valence-corrected chi connectivity index (χ2v) is 7.18. The summed E-state index contributed by atoms with van der Waals surface area (Å²) in [5.41, 5.74) is 0.292. The molecule has 1 fully saturated rings. The first-order valence-corrected chi connectivity index (χ1v) is 9.15. The summed E-state index contributed by atoms with van der Waals surface area (Å²) in [6.45, 7) is 3.75. The maximum absolute atomic E-state index is 10.7. The van der Waals surface area contributed by atoms with Crippen LogP contribution in [-0.4, -0.2) is 52.4 Å². The van der Waals surface area contributed by atoms with Crippen LogP contribution in [0.1, 0.15) is 19.8 Å². The lowest BCUT2D eigenvalue weighted by atomic mass is 9.93. The molecule has 1 N–H and O–H groups in total. The SMILES string of the molecule is CCSCC1(O)CCN(c2ncnc3c(OC)cccc23)CC1. The maximum atomic E-state index is 10.7. The van der Waals surface area contributed by atoms with Gasteiger partial charge in [0.1, 0.15) is 23.4 Å². The fourth-order valence-electron chi connectivity index (χ4n) is 3.03. The van der Waals surface area contributed by atoms with Crippen molar-refractivity contribution >= 4 is 28.5 Å². The smallest absolute Gasteiger partial charge is 0.145 e. The zero-order chi connectivity index (χ0) is 16.3. The molecule has 124 valence electrons. The molecular weight excluding hydrogens is 310 g/mol. The highest BCUT2D eigenvalue weighted by molar-refractivity contribution is 7.99. The molecule has 2 heterocycles. The standard InChI is InChI=1S/C17H23N3O2S/c1-3-23-11-17(21)7-9-20(10-8-17)16-13-5-4-6-14(22-2)15(13)18-12-19-16/h4-6,12,21H,3,7-11H2,1-2H3. The summed E-state index contributed by atoms with van der Waals surface area (Å²) in [4.78, 5) is 11.1. The van der Waals surface area contributed by atoms with Gasteiger partial charge in [0.05, 0.1) is 12.7 Å². The Bertz CT molecular complexity index is 672. The van der Waals surface area contributed by atoms with E-state index in [1.54, 1.807) is 13.4 Å². The normalized spacial score (nSPS) is 17.4. The number of ether oxygens (including phenoxy) is 1. The van der Waals surface area contributed by atoms with Crippen LogP contribution in [0.2, 0.25) is 0 Å². The van der Waals surface area contributed by atoms with E-state index in [1.807, 2.05) is 30.0 Å². The Morgan fingerprint density at radius 2 is 2.09 bits per heavy atom. The van der Waals surface area contributed by atoms with Gasteiger partial charge in [0.2, 0.25) is 0 Å². The molecule has 0 amide bonds. The molecule has 3 rings (SSSR count). The van der Waals surface area contributed by atoms with Gasteiger partial charge in [0, 0.05) is 24.2 Å². The molecule has 23 heavy (non-hydrogen) atoms. The number of methoxy groups -OCH3 is 1. The lowest BCUT2D eigenvalue weighted by Crippen LogP contribution is -2.46. The molecule has 1 aromatic heterocycles. The number of aromatic nitrogens is 2. The van der Waals surface area contributed by atoms with E-state index >= 15 is 0 Å². The minimum Gasteiger partial charge on any atom is -0.494 e. The molecule has 0 radical (unpaired) electrons. The fourth-order valence-corrected chi connectivity index (χ4v) is 3.91. The lowest BCUT2D eigenvalue weighted by molar-refractivity contribution is 0.0399. The van der Waals surface area contributed by atoms with Gasteiger partial charge in [0.15, 0.2) is 0 Å². The Balaban J connectivity index is 1.83. The van der Waals surface area contributed by atoms with E-state index in [-0.39, 0.29) is 0 Å². The van der Waals surface area contributed by atoms with Crippen LogP contribution < -0.4 is 9.64 Å². The van der Waals surface area contributed by atoms with Crippen LogP contribution in [0.25, 0.3) is 10.9 Å². The third-order valence-electron chi connectivity index (χ3n) is 4.40. The summed E-state index contributed by atoms with van der Waals surface area (Å²) < 4.78 is 5.40. The molecule has 2 aromatic rings. The number of para-hydroxylation sites is 1. The largest absolute Gasteiger partial charge is 0.494 e. The topological polar surface area (TPSA) is 58.5 Å². The van der Waals surface area contributed by atoms with E-state index in [0.29, 0.717) is 0 Å². The van der Waals surface area contributed by atoms with Gasteiger partial charge in [-0.2, -0.15) is 11.8 Å². The molecule has 0 bridgehead atoms. The van der Waals surface area contributed by atoms with Crippen molar-refractivity contribution in [2.24, 2.45) is 0 Å². The van der Waals surface area contributed by atoms with Crippen molar-refractivity contribution in [1.29, 1.82) is 0 Å². The van der Waals surface area contributed by atoms with Gasteiger partial charge >= 0.3 is 0 Å². The molecule has 0 saturated carbocycles. The number of thioether (sulfide) groups is 1. The van der Waals surface area contributed by atoms with Gasteiger partial charge < -0.3 is 14.7 Å². The number of hydrogen-bond acceptors (Lipinski definition) is 6. The Morgan fingerprint density at radius 1 is 1.30 bits per heavy atom. The quantitative estimate of drug-likeness (QED) is 0.908. The molecule has 0 aliphatic carbocycles. The van der Waals surface area contributed by atoms with Gasteiger partial charge in [-0.3, -0.25) is 0 Å². The predicted molar refractivity (Wildman–Crippen MR) is 95.5 cm³/mol. The van der Waals surface area contributed by atoms with E-state index in [9.17, 15) is 5.11 Å². The molecule has 0 atom stereocenters. The second-order valence-electron chi connectivity index (χ2n) is 5.90. The average Bonchev–Trinajstić information content (AvgIpc) is 2.60. The van der Waals surface area contributed by atoms with Crippen LogP contribution in [0.3, 0.4) is 0 Å². The van der Waals surface area contributed by atoms with Crippen LogP contribution in [0.5, 0.6) is 5.75 Å². The van der Waals surface area contributed by atoms with E-state index in [4.69, 9.17) is 4.74 Å². The summed E-state index contributed by atoms with van der Waals surface area (Å²) >= 11 is 1.81. The van der Waals surface area contributed by atoms with Crippen LogP contribution in [-0.2, 0) is 0 Å². The number of nitrogens with zero attached hydrogens (tertiary/aromatic N) is 3. The highest BCUT2D eigenvalue weighted by Gasteiger charge is 2.33. The highest BCUT2D eigenvalue weighted by atomic mass is 32.2. The third kappa shape index (κ3) is 3.38. The number of fused-ring (bicyclic) bond motifs is 1. The first-order chi connectivity index (χ1) is 11.2. The third-order valence-corrected chi connectivity index (χ3v) is 5.54. The van der Waals surface area contributed by atoms with Crippen LogP contribution >= 0.6 is 11.8 Å². The zero-order valence-electron chi connectivity index (χ0n) is 13.7. The number of piperidine rings is 1. The van der Waals surface area contributed by atoms with Gasteiger partial charge in [-0.25, -0.2) is 9.97 Å². The van der Waals surface area contributed by atoms with Crippen LogP contribution in [0, 0.1) is 0 Å². The number of rotatable bonds is 5. The minimum absolute atomic E-state index is 0.544. The summed E-state index contributed by atoms with van der Waals surface area (Å²) in [5.74, 6) is 3.55. The summed E-state index contributed by atoms with van der Waals surface area (Å²) in [6.07, 6.45) is 3.14. The summed E-state index contributed by atoms with van der Waals surface area (Å²) in [6, 6.07) is 5.91. The van der Waals surface area contributed by atoms with Crippen molar-refractivity contribution in [2.75, 3.05) is 36.6 Å². The fraction of sp³-hybridized carbons (Fsp3) is 0.529. The number of hydrogen-bond donors (Lipinski definition) is 1. The summed E-state index contributed by atoms with van der Waals surface area (Å²) in [5, 5.41) is 11.7. The van der Waals surface area contributed by atoms with Crippen molar-refractivity contribution in [3.05, 3.63) is 24.5 Å². The van der Waals surface area contributed by atoms with Crippen molar-refractivity contribution in [2.45, 2.75) is 25.4 Å². The monoisotopic (exact) mass is 333 g/mol. The second kappa shape index (κ2) is 6.93. The van der Waals surface area contributed by atoms with E-state index in [2.05, 4.69) is 21.8 Å². The van der Waals surface area contributed by atoms with Crippen molar-refractivity contribution in [3.63, 3.8) is 0 Å². The first kappa shape index (κ1) is 16.3. The Morgan fingerprint density at radius 3 is 2.78 bits per heavy atom. The molecule has 1 aliphatic heterocycles. The highest BCUT2D eigenvalue weighted by Crippen LogP contribution is 2.33. The molecule has 0 unspecified atom stereocenters. The average molecular weight is 333 g/mol. The maximum Gasteiger partial charge on any atom is 0.145 e. The van der Waals surface area contributed by atoms with Crippen molar-refractivity contribution < 1.29 is 9.84 Å². The predicted octanol–water partition coefficient (Wildman–Crippen LogP) is 2.72. The minimum atomic E-state index is -0.544. The van der Waals surface area contributed by atoms with E-state index in [1.165, 1.54) is 0 Å². The lowest BCUT2D eigenvalue weighted by Gasteiger charge is -2.38. The van der Waals surface area contributed by atoms with Gasteiger partial charge in [-0.05, 0) is 30.7 Å². The van der Waals surface area contributed by atoms with Gasteiger partial charge in [0.25, 0.3) is 0 Å². The molecule has 6 heteroatoms. The van der Waals surface area contributed by atoms with Gasteiger partial charge in [-0.15, -0.1) is 0 Å². The number of aliphatic hydroxyl groups is 1. The molecular formula is C17H23N3O2S. The van der Waals surface area contributed by atoms with Crippen LogP contribution in [0.4, 0.5) is 5.82 Å². The Hall–Kier alpha value is -1.53. The molecule has 0 spiro atoms. The van der Waals surface area contributed by atoms with Crippen LogP contribution in [0.15, 0.2) is 24.5 Å². The molecule has 1 aromatic carbocycles. The number of anilines is 1. The van der Waals surface area contributed by atoms with E-state index in [0.717, 1.165) is 59.9 Å². The Kier molecular flexibility index (Phi) is 4.92. The molecule has 5 nitrogen and oxygen atoms in total. The van der Waals surface area contributed by atoms with Crippen molar-refractivity contribution in [3.8, 4) is 5.75 Å².